The van der Waals surface area contributed by atoms with E-state index in [0.717, 1.165) is 29.2 Å². The first-order valence-electron chi connectivity index (χ1n) is 10.4. The van der Waals surface area contributed by atoms with Crippen LogP contribution in [0.4, 0.5) is 32.0 Å². The molecule has 0 amide bonds. The number of nitrogens with zero attached hydrogens (tertiary/aromatic N) is 4. The summed E-state index contributed by atoms with van der Waals surface area (Å²) in [6, 6.07) is 2.49. The van der Waals surface area contributed by atoms with Gasteiger partial charge in [0.2, 0.25) is 10.0 Å². The summed E-state index contributed by atoms with van der Waals surface area (Å²) in [5, 5.41) is 10.1. The monoisotopic (exact) mass is 529 g/mol. The molecule has 0 saturated carbocycles. The van der Waals surface area contributed by atoms with Crippen molar-refractivity contribution in [1.29, 1.82) is 0 Å². The molecule has 14 heteroatoms. The van der Waals surface area contributed by atoms with Gasteiger partial charge in [-0.15, -0.1) is 10.2 Å². The van der Waals surface area contributed by atoms with Crippen LogP contribution >= 0.6 is 0 Å². The van der Waals surface area contributed by atoms with E-state index >= 15 is 8.78 Å². The maximum Gasteiger partial charge on any atom is 0.419 e. The molecule has 0 unspecified atom stereocenters. The number of aromatic nitrogens is 4. The Kier molecular flexibility index (Phi) is 4.86. The predicted molar refractivity (Wildman–Crippen MR) is 119 cm³/mol. The highest BCUT2D eigenvalue weighted by Crippen LogP contribution is 2.51. The van der Waals surface area contributed by atoms with Crippen molar-refractivity contribution in [1.82, 2.24) is 18.7 Å². The number of halogens is 6. The highest BCUT2D eigenvalue weighted by Gasteiger charge is 2.47. The van der Waals surface area contributed by atoms with Crippen LogP contribution in [0.3, 0.4) is 0 Å². The lowest BCUT2D eigenvalue weighted by Gasteiger charge is -2.36. The number of hydrogen-bond acceptors (Lipinski definition) is 5. The number of hydrogen-bond donors (Lipinski definition) is 1. The van der Waals surface area contributed by atoms with Crippen LogP contribution in [0.15, 0.2) is 24.4 Å². The van der Waals surface area contributed by atoms with Crippen LogP contribution in [-0.4, -0.2) is 33.4 Å². The second-order valence-electron chi connectivity index (χ2n) is 9.02. The van der Waals surface area contributed by atoms with Crippen LogP contribution in [0.25, 0.3) is 27.7 Å². The molecule has 2 aromatic heterocycles. The van der Waals surface area contributed by atoms with Crippen LogP contribution in [0.2, 0.25) is 0 Å². The Morgan fingerprint density at radius 1 is 1.06 bits per heavy atom. The van der Waals surface area contributed by atoms with Crippen molar-refractivity contribution in [3.63, 3.8) is 0 Å². The average Bonchev–Trinajstić information content (AvgIpc) is 3.34. The van der Waals surface area contributed by atoms with Gasteiger partial charge in [0, 0.05) is 17.1 Å². The number of alkyl halides is 3. The third-order valence-corrected chi connectivity index (χ3v) is 7.08. The molecule has 190 valence electrons. The van der Waals surface area contributed by atoms with E-state index in [1.807, 2.05) is 0 Å². The topological polar surface area (TPSA) is 81.8 Å². The molecule has 1 aliphatic rings. The zero-order valence-electron chi connectivity index (χ0n) is 19.1. The van der Waals surface area contributed by atoms with Gasteiger partial charge in [0.05, 0.1) is 34.2 Å². The molecule has 0 bridgehead atoms. The Labute approximate surface area is 200 Å². The van der Waals surface area contributed by atoms with Crippen LogP contribution in [0.5, 0.6) is 0 Å². The Bertz CT molecular complexity index is 1700. The number of nitrogens with one attached hydrogen (secondary N) is 1. The number of benzene rings is 2. The molecule has 1 aliphatic heterocycles. The van der Waals surface area contributed by atoms with E-state index in [9.17, 15) is 26.0 Å². The summed E-state index contributed by atoms with van der Waals surface area (Å²) in [5.41, 5.74) is -6.63. The van der Waals surface area contributed by atoms with E-state index < -0.39 is 67.3 Å². The highest BCUT2D eigenvalue weighted by atomic mass is 32.2. The summed E-state index contributed by atoms with van der Waals surface area (Å²) in [5.74, 6) is -4.65. The number of anilines is 1. The Morgan fingerprint density at radius 2 is 1.72 bits per heavy atom. The molecule has 5 rings (SSSR count). The summed E-state index contributed by atoms with van der Waals surface area (Å²) < 4.78 is 116. The maximum absolute atomic E-state index is 15.6. The van der Waals surface area contributed by atoms with Crippen molar-refractivity contribution in [2.75, 3.05) is 11.6 Å². The predicted octanol–water partition coefficient (Wildman–Crippen LogP) is 5.10. The maximum atomic E-state index is 15.6. The lowest BCUT2D eigenvalue weighted by Crippen LogP contribution is -2.38. The fourth-order valence-corrected chi connectivity index (χ4v) is 5.42. The summed E-state index contributed by atoms with van der Waals surface area (Å²) in [6.45, 7) is 4.38. The fourth-order valence-electron chi connectivity index (χ4n) is 4.63. The van der Waals surface area contributed by atoms with E-state index in [-0.39, 0.29) is 22.6 Å². The van der Waals surface area contributed by atoms with Gasteiger partial charge in [-0.2, -0.15) is 13.2 Å². The first-order valence-corrected chi connectivity index (χ1v) is 12.2. The van der Waals surface area contributed by atoms with Gasteiger partial charge in [0.25, 0.3) is 0 Å². The van der Waals surface area contributed by atoms with E-state index in [4.69, 9.17) is 0 Å². The number of rotatable bonds is 2. The third kappa shape index (κ3) is 3.30. The van der Waals surface area contributed by atoms with Crippen molar-refractivity contribution in [2.45, 2.75) is 32.5 Å². The molecular formula is C22H17F6N5O2S. The molecule has 0 saturated heterocycles. The Morgan fingerprint density at radius 3 is 2.33 bits per heavy atom. The van der Waals surface area contributed by atoms with Crippen molar-refractivity contribution < 1.29 is 34.8 Å². The van der Waals surface area contributed by atoms with Crippen molar-refractivity contribution in [2.24, 2.45) is 0 Å². The minimum Gasteiger partial charge on any atom is -0.369 e. The molecule has 3 heterocycles. The second kappa shape index (κ2) is 7.24. The zero-order chi connectivity index (χ0) is 26.5. The Hall–Kier alpha value is -3.55. The van der Waals surface area contributed by atoms with Gasteiger partial charge in [-0.05, 0) is 44.5 Å². The molecule has 7 nitrogen and oxygen atoms in total. The molecule has 0 spiro atoms. The molecular weight excluding hydrogens is 512 g/mol. The van der Waals surface area contributed by atoms with Gasteiger partial charge in [0.1, 0.15) is 11.6 Å². The fraction of sp³-hybridized carbons (Fsp3) is 0.273. The standard InChI is InChI=1S/C22H17F6N5O2S/c1-9-30-31-20-21(2,3)29-18-17(25)16(24)14(15(22(26,27)28)19(18)33(9)20)12-7-10(23)8-13-11(12)5-6-32(13)36(4,34)35/h5-8,29H,1-4H3. The van der Waals surface area contributed by atoms with E-state index in [1.54, 1.807) is 0 Å². The van der Waals surface area contributed by atoms with E-state index in [2.05, 4.69) is 15.5 Å². The number of aryl methyl sites for hydroxylation is 1. The largest absolute Gasteiger partial charge is 0.419 e. The molecule has 1 N–H and O–H groups in total. The molecule has 0 atom stereocenters. The first-order chi connectivity index (χ1) is 16.5. The van der Waals surface area contributed by atoms with E-state index in [1.165, 1.54) is 20.8 Å². The molecule has 0 aliphatic carbocycles. The summed E-state index contributed by atoms with van der Waals surface area (Å²) in [7, 11) is -3.99. The molecule has 2 aromatic carbocycles. The van der Waals surface area contributed by atoms with Crippen LogP contribution in [0.1, 0.15) is 31.1 Å². The lowest BCUT2D eigenvalue weighted by atomic mass is 9.90. The zero-order valence-corrected chi connectivity index (χ0v) is 19.9. The summed E-state index contributed by atoms with van der Waals surface area (Å²) >= 11 is 0. The Balaban J connectivity index is 2.00. The van der Waals surface area contributed by atoms with Gasteiger partial charge in [-0.3, -0.25) is 4.57 Å². The van der Waals surface area contributed by atoms with Crippen LogP contribution < -0.4 is 5.32 Å². The summed E-state index contributed by atoms with van der Waals surface area (Å²) in [6.07, 6.45) is -3.46. The van der Waals surface area contributed by atoms with Crippen molar-refractivity contribution >= 4 is 26.6 Å². The van der Waals surface area contributed by atoms with Gasteiger partial charge < -0.3 is 5.32 Å². The molecule has 36 heavy (non-hydrogen) atoms. The van der Waals surface area contributed by atoms with Crippen LogP contribution in [-0.2, 0) is 21.7 Å². The first kappa shape index (κ1) is 24.2. The molecule has 0 radical (unpaired) electrons. The van der Waals surface area contributed by atoms with Crippen molar-refractivity contribution in [3.8, 4) is 16.8 Å². The lowest BCUT2D eigenvalue weighted by molar-refractivity contribution is -0.137. The molecule has 4 aromatic rings. The summed E-state index contributed by atoms with van der Waals surface area (Å²) in [4.78, 5) is 0. The van der Waals surface area contributed by atoms with Gasteiger partial charge in [0.15, 0.2) is 17.5 Å². The molecule has 0 fully saturated rings. The SMILES string of the molecule is Cc1nnc2n1-c1c(c(F)c(F)c(-c3cc(F)cc4c3ccn4S(C)(=O)=O)c1C(F)(F)F)NC2(C)C. The average molecular weight is 529 g/mol. The van der Waals surface area contributed by atoms with Crippen LogP contribution in [0, 0.1) is 24.4 Å². The smallest absolute Gasteiger partial charge is 0.369 e. The van der Waals surface area contributed by atoms with Gasteiger partial charge in [-0.1, -0.05) is 0 Å². The number of fused-ring (bicyclic) bond motifs is 4. The normalized spacial score (nSPS) is 15.1. The highest BCUT2D eigenvalue weighted by molar-refractivity contribution is 7.89. The quantitative estimate of drug-likeness (QED) is 0.366. The third-order valence-electron chi connectivity index (χ3n) is 6.05. The minimum absolute atomic E-state index is 0.0163. The van der Waals surface area contributed by atoms with Gasteiger partial charge >= 0.3 is 6.18 Å². The van der Waals surface area contributed by atoms with E-state index in [0.29, 0.717) is 10.0 Å². The van der Waals surface area contributed by atoms with Crippen molar-refractivity contribution in [3.05, 3.63) is 59.1 Å². The second-order valence-corrected chi connectivity index (χ2v) is 10.9. The van der Waals surface area contributed by atoms with Gasteiger partial charge in [-0.25, -0.2) is 25.6 Å². The minimum atomic E-state index is -5.26.